The number of amides is 3. The van der Waals surface area contributed by atoms with Crippen molar-refractivity contribution in [3.05, 3.63) is 60.2 Å². The fourth-order valence-electron chi connectivity index (χ4n) is 6.48. The van der Waals surface area contributed by atoms with Gasteiger partial charge >= 0.3 is 0 Å². The predicted molar refractivity (Wildman–Crippen MR) is 139 cm³/mol. The van der Waals surface area contributed by atoms with Gasteiger partial charge < -0.3 is 25.4 Å². The Morgan fingerprint density at radius 3 is 2.66 bits per heavy atom. The Balaban J connectivity index is 1.40. The number of carbonyl (C=O) groups excluding carboxylic acids is 3. The van der Waals surface area contributed by atoms with Gasteiger partial charge in [0.2, 0.25) is 17.7 Å². The summed E-state index contributed by atoms with van der Waals surface area (Å²) in [5.41, 5.74) is 0.889. The molecule has 7 atom stereocenters. The topological polar surface area (TPSA) is 139 Å². The number of aromatic nitrogens is 3. The van der Waals surface area contributed by atoms with Gasteiger partial charge in [0.25, 0.3) is 0 Å². The molecule has 12 heteroatoms. The van der Waals surface area contributed by atoms with Crippen molar-refractivity contribution in [1.29, 1.82) is 0 Å². The second-order valence-corrected chi connectivity index (χ2v) is 11.1. The van der Waals surface area contributed by atoms with Gasteiger partial charge in [-0.05, 0) is 24.1 Å². The summed E-state index contributed by atoms with van der Waals surface area (Å²) in [4.78, 5) is 42.3. The Bertz CT molecular complexity index is 1400. The van der Waals surface area contributed by atoms with E-state index in [1.807, 2.05) is 42.5 Å². The van der Waals surface area contributed by atoms with Gasteiger partial charge in [-0.2, -0.15) is 0 Å². The fourth-order valence-corrected chi connectivity index (χ4v) is 7.42. The third kappa shape index (κ3) is 3.57. The summed E-state index contributed by atoms with van der Waals surface area (Å²) in [5.74, 6) is -2.76. The third-order valence-electron chi connectivity index (χ3n) is 8.04. The highest BCUT2D eigenvalue weighted by Gasteiger charge is 2.77. The summed E-state index contributed by atoms with van der Waals surface area (Å²) in [5, 5.41) is 24.3. The smallest absolute Gasteiger partial charge is 0.247 e. The Labute approximate surface area is 226 Å². The minimum absolute atomic E-state index is 0.0216. The van der Waals surface area contributed by atoms with Crippen molar-refractivity contribution < 1.29 is 24.2 Å². The van der Waals surface area contributed by atoms with Crippen LogP contribution in [0.5, 0.6) is 0 Å². The van der Waals surface area contributed by atoms with Crippen LogP contribution in [0.3, 0.4) is 0 Å². The molecule has 6 rings (SSSR count). The molecule has 1 spiro atoms. The molecule has 3 aromatic rings. The standard InChI is InChI=1S/C26H27BrN6O5/c1-28-23(35)19-20-25(37)33(18(12-34)14-7-3-2-4-8-14)22(26(20)11-15(27)21(19)38-26)24(36)29-13-32-17-10-6-5-9-16(17)30-31-32/h2-10,15,18-22,34H,11-13H2,1H3,(H,28,35)(H,29,36)/t15?,18-,19-,20+,21-,22?,26?/m1/s1. The van der Waals surface area contributed by atoms with Crippen LogP contribution in [0, 0.1) is 11.8 Å². The van der Waals surface area contributed by atoms with Crippen LogP contribution in [0.4, 0.5) is 0 Å². The Hall–Kier alpha value is -3.35. The first-order valence-corrected chi connectivity index (χ1v) is 13.4. The van der Waals surface area contributed by atoms with Crippen LogP contribution in [-0.2, 0) is 25.8 Å². The number of hydrogen-bond donors (Lipinski definition) is 3. The number of nitrogens with one attached hydrogen (secondary N) is 2. The van der Waals surface area contributed by atoms with Crippen LogP contribution >= 0.6 is 15.9 Å². The van der Waals surface area contributed by atoms with Crippen molar-refractivity contribution in [2.24, 2.45) is 11.8 Å². The molecular formula is C26H27BrN6O5. The first kappa shape index (κ1) is 25.0. The van der Waals surface area contributed by atoms with Crippen LogP contribution in [0.1, 0.15) is 18.0 Å². The van der Waals surface area contributed by atoms with Crippen LogP contribution in [-0.4, -0.2) is 79.0 Å². The molecule has 3 N–H and O–H groups in total. The van der Waals surface area contributed by atoms with E-state index in [0.29, 0.717) is 17.5 Å². The van der Waals surface area contributed by atoms with E-state index in [2.05, 4.69) is 36.9 Å². The zero-order valence-corrected chi connectivity index (χ0v) is 22.1. The maximum Gasteiger partial charge on any atom is 0.247 e. The molecule has 198 valence electrons. The predicted octanol–water partition coefficient (Wildman–Crippen LogP) is 0.733. The minimum atomic E-state index is -1.23. The molecule has 0 radical (unpaired) electrons. The molecule has 3 fully saturated rings. The number of hydrogen-bond acceptors (Lipinski definition) is 7. The van der Waals surface area contributed by atoms with Crippen LogP contribution < -0.4 is 10.6 Å². The molecule has 2 bridgehead atoms. The second-order valence-electron chi connectivity index (χ2n) is 9.91. The highest BCUT2D eigenvalue weighted by Crippen LogP contribution is 2.61. The summed E-state index contributed by atoms with van der Waals surface area (Å²) >= 11 is 3.64. The number of carbonyl (C=O) groups is 3. The maximum atomic E-state index is 14.1. The average molecular weight is 583 g/mol. The maximum absolute atomic E-state index is 14.1. The molecule has 3 aliphatic heterocycles. The third-order valence-corrected chi connectivity index (χ3v) is 8.89. The van der Waals surface area contributed by atoms with Gasteiger partial charge in [-0.25, -0.2) is 4.68 Å². The number of likely N-dealkylation sites (tertiary alicyclic amines) is 1. The van der Waals surface area contributed by atoms with Crippen molar-refractivity contribution in [3.8, 4) is 0 Å². The number of fused-ring (bicyclic) bond motifs is 2. The van der Waals surface area contributed by atoms with E-state index < -0.39 is 48.1 Å². The molecule has 11 nitrogen and oxygen atoms in total. The molecule has 3 amide bonds. The van der Waals surface area contributed by atoms with E-state index in [1.165, 1.54) is 11.9 Å². The van der Waals surface area contributed by atoms with Gasteiger partial charge in [-0.15, -0.1) is 5.10 Å². The molecular weight excluding hydrogens is 556 g/mol. The van der Waals surface area contributed by atoms with Crippen LogP contribution in [0.15, 0.2) is 54.6 Å². The van der Waals surface area contributed by atoms with E-state index in [-0.39, 0.29) is 23.3 Å². The van der Waals surface area contributed by atoms with Crippen LogP contribution in [0.25, 0.3) is 11.0 Å². The Morgan fingerprint density at radius 2 is 1.92 bits per heavy atom. The fraction of sp³-hybridized carbons (Fsp3) is 0.423. The van der Waals surface area contributed by atoms with E-state index in [1.54, 1.807) is 16.8 Å². The van der Waals surface area contributed by atoms with E-state index in [0.717, 1.165) is 5.52 Å². The first-order valence-electron chi connectivity index (χ1n) is 12.5. The largest absolute Gasteiger partial charge is 0.394 e. The lowest BCUT2D eigenvalue weighted by molar-refractivity contribution is -0.146. The normalized spacial score (nSPS) is 30.4. The van der Waals surface area contributed by atoms with Gasteiger partial charge in [0.05, 0.1) is 36.1 Å². The molecule has 3 aliphatic rings. The molecule has 38 heavy (non-hydrogen) atoms. The lowest BCUT2D eigenvalue weighted by Gasteiger charge is -2.37. The number of aliphatic hydroxyl groups excluding tert-OH is 1. The number of aliphatic hydroxyl groups is 1. The number of rotatable bonds is 7. The first-order chi connectivity index (χ1) is 18.4. The molecule has 0 saturated carbocycles. The number of ether oxygens (including phenoxy) is 1. The number of benzene rings is 2. The van der Waals surface area contributed by atoms with Gasteiger partial charge in [-0.1, -0.05) is 63.6 Å². The van der Waals surface area contributed by atoms with Crippen molar-refractivity contribution in [2.75, 3.05) is 13.7 Å². The summed E-state index contributed by atoms with van der Waals surface area (Å²) in [6.45, 7) is -0.379. The highest BCUT2D eigenvalue weighted by atomic mass is 79.9. The summed E-state index contributed by atoms with van der Waals surface area (Å²) in [6, 6.07) is 14.6. The SMILES string of the molecule is CNC(=O)[C@H]1[C@@H]2OC3(CC2Br)C(C(=O)NCn2nnc4ccccc42)N([C@H](CO)c2ccccc2)C(=O)[C@H]13. The lowest BCUT2D eigenvalue weighted by Crippen LogP contribution is -2.56. The number of nitrogens with zero attached hydrogens (tertiary/aromatic N) is 4. The Morgan fingerprint density at radius 1 is 1.18 bits per heavy atom. The van der Waals surface area contributed by atoms with E-state index in [4.69, 9.17) is 4.74 Å². The monoisotopic (exact) mass is 582 g/mol. The Kier molecular flexibility index (Phi) is 6.20. The van der Waals surface area contributed by atoms with Gasteiger partial charge in [0.15, 0.2) is 0 Å². The second kappa shape index (κ2) is 9.44. The molecule has 2 aromatic carbocycles. The van der Waals surface area contributed by atoms with Gasteiger partial charge in [0, 0.05) is 11.9 Å². The molecule has 4 heterocycles. The van der Waals surface area contributed by atoms with E-state index in [9.17, 15) is 19.5 Å². The van der Waals surface area contributed by atoms with Crippen molar-refractivity contribution >= 4 is 44.7 Å². The summed E-state index contributed by atoms with van der Waals surface area (Å²) in [6.07, 6.45) is -0.181. The average Bonchev–Trinajstić information content (AvgIpc) is 3.65. The lowest BCUT2D eigenvalue weighted by atomic mass is 9.70. The quantitative estimate of drug-likeness (QED) is 0.349. The summed E-state index contributed by atoms with van der Waals surface area (Å²) < 4.78 is 8.02. The summed E-state index contributed by atoms with van der Waals surface area (Å²) in [7, 11) is 1.52. The molecule has 0 aliphatic carbocycles. The van der Waals surface area contributed by atoms with Crippen molar-refractivity contribution in [2.45, 2.75) is 41.7 Å². The van der Waals surface area contributed by atoms with E-state index >= 15 is 0 Å². The van der Waals surface area contributed by atoms with Gasteiger partial charge in [0.1, 0.15) is 23.8 Å². The van der Waals surface area contributed by atoms with Crippen LogP contribution in [0.2, 0.25) is 0 Å². The molecule has 3 unspecified atom stereocenters. The van der Waals surface area contributed by atoms with Gasteiger partial charge in [-0.3, -0.25) is 14.4 Å². The number of halogens is 1. The molecule has 1 aromatic heterocycles. The number of para-hydroxylation sites is 1. The minimum Gasteiger partial charge on any atom is -0.394 e. The van der Waals surface area contributed by atoms with Crippen molar-refractivity contribution in [1.82, 2.24) is 30.5 Å². The number of alkyl halides is 1. The van der Waals surface area contributed by atoms with Crippen molar-refractivity contribution in [3.63, 3.8) is 0 Å². The highest BCUT2D eigenvalue weighted by molar-refractivity contribution is 9.09. The molecule has 3 saturated heterocycles. The zero-order valence-electron chi connectivity index (χ0n) is 20.5. The zero-order chi connectivity index (χ0) is 26.6.